The number of nitro groups is 1. The summed E-state index contributed by atoms with van der Waals surface area (Å²) in [5.74, 6) is 0.570. The van der Waals surface area contributed by atoms with Crippen molar-refractivity contribution in [1.29, 1.82) is 0 Å². The van der Waals surface area contributed by atoms with E-state index in [1.54, 1.807) is 19.2 Å². The van der Waals surface area contributed by atoms with Gasteiger partial charge in [0.05, 0.1) is 10.5 Å². The maximum Gasteiger partial charge on any atom is 0.408 e. The first-order chi connectivity index (χ1) is 13.5. The number of hydrogen-bond acceptors (Lipinski definition) is 5. The van der Waals surface area contributed by atoms with Crippen LogP contribution in [0.1, 0.15) is 53.0 Å². The molecule has 1 aromatic rings. The number of guanidine groups is 1. The van der Waals surface area contributed by atoms with E-state index in [0.29, 0.717) is 19.0 Å². The zero-order valence-electron chi connectivity index (χ0n) is 18.6. The molecule has 0 radical (unpaired) electrons. The summed E-state index contributed by atoms with van der Waals surface area (Å²) in [6.45, 7) is 10.4. The van der Waals surface area contributed by atoms with Crippen molar-refractivity contribution in [3.63, 3.8) is 0 Å². The minimum absolute atomic E-state index is 0. The van der Waals surface area contributed by atoms with E-state index in [1.165, 1.54) is 12.1 Å². The number of aliphatic imine (C=N–C) groups is 1. The van der Waals surface area contributed by atoms with Gasteiger partial charge < -0.3 is 20.7 Å². The van der Waals surface area contributed by atoms with Crippen molar-refractivity contribution in [2.75, 3.05) is 13.6 Å². The molecule has 0 aliphatic carbocycles. The Balaban J connectivity index is 0.00000841. The molecule has 0 aliphatic rings. The van der Waals surface area contributed by atoms with Crippen LogP contribution in [0.3, 0.4) is 0 Å². The number of non-ortho nitro benzene ring substituents is 1. The number of halogens is 1. The second-order valence-corrected chi connectivity index (χ2v) is 7.82. The van der Waals surface area contributed by atoms with E-state index in [4.69, 9.17) is 4.74 Å². The number of amides is 1. The highest BCUT2D eigenvalue weighted by Gasteiger charge is 2.30. The molecule has 0 unspecified atom stereocenters. The number of nitrogens with one attached hydrogen (secondary N) is 3. The summed E-state index contributed by atoms with van der Waals surface area (Å²) < 4.78 is 5.39. The van der Waals surface area contributed by atoms with E-state index in [2.05, 4.69) is 20.9 Å². The van der Waals surface area contributed by atoms with Gasteiger partial charge in [0.2, 0.25) is 0 Å². The topological polar surface area (TPSA) is 118 Å². The lowest BCUT2D eigenvalue weighted by molar-refractivity contribution is -0.384. The van der Waals surface area contributed by atoms with E-state index in [0.717, 1.165) is 18.4 Å². The van der Waals surface area contributed by atoms with E-state index in [9.17, 15) is 14.9 Å². The Morgan fingerprint density at radius 1 is 1.13 bits per heavy atom. The van der Waals surface area contributed by atoms with Gasteiger partial charge in [0.15, 0.2) is 5.96 Å². The highest BCUT2D eigenvalue weighted by molar-refractivity contribution is 14.0. The standard InChI is InChI=1S/C20H33N5O4.HI/c1-7-20(8-2,24-18(26)29-19(3,4)5)14-23-17(21-6)22-13-15-9-11-16(12-10-15)25(27)28;/h9-12H,7-8,13-14H2,1-6H3,(H,24,26)(H2,21,22,23);1H. The molecule has 1 rings (SSSR count). The summed E-state index contributed by atoms with van der Waals surface area (Å²) in [5, 5.41) is 20.1. The number of alkyl carbamates (subject to hydrolysis) is 1. The minimum atomic E-state index is -0.562. The van der Waals surface area contributed by atoms with Crippen LogP contribution in [-0.2, 0) is 11.3 Å². The highest BCUT2D eigenvalue weighted by Crippen LogP contribution is 2.16. The van der Waals surface area contributed by atoms with Crippen molar-refractivity contribution in [3.05, 3.63) is 39.9 Å². The molecule has 170 valence electrons. The SMILES string of the molecule is CCC(CC)(CNC(=NC)NCc1ccc([N+](=O)[O-])cc1)NC(=O)OC(C)(C)C.I. The summed E-state index contributed by atoms with van der Waals surface area (Å²) in [4.78, 5) is 26.7. The van der Waals surface area contributed by atoms with Crippen LogP contribution in [-0.4, -0.2) is 41.7 Å². The maximum atomic E-state index is 12.2. The van der Waals surface area contributed by atoms with Crippen molar-refractivity contribution < 1.29 is 14.5 Å². The molecule has 0 atom stereocenters. The first kappa shape index (κ1) is 27.9. The zero-order chi connectivity index (χ0) is 22.1. The predicted molar refractivity (Wildman–Crippen MR) is 129 cm³/mol. The molecule has 0 saturated carbocycles. The Labute approximate surface area is 195 Å². The molecule has 0 fully saturated rings. The number of ether oxygens (including phenoxy) is 1. The molecule has 0 spiro atoms. The van der Waals surface area contributed by atoms with Crippen LogP contribution >= 0.6 is 24.0 Å². The number of carbonyl (C=O) groups is 1. The van der Waals surface area contributed by atoms with E-state index < -0.39 is 22.2 Å². The summed E-state index contributed by atoms with van der Waals surface area (Å²) in [6, 6.07) is 6.34. The van der Waals surface area contributed by atoms with Gasteiger partial charge in [-0.05, 0) is 39.2 Å². The van der Waals surface area contributed by atoms with Crippen LogP contribution in [0.5, 0.6) is 0 Å². The van der Waals surface area contributed by atoms with Crippen molar-refractivity contribution in [2.24, 2.45) is 4.99 Å². The van der Waals surface area contributed by atoms with E-state index in [1.807, 2.05) is 34.6 Å². The summed E-state index contributed by atoms with van der Waals surface area (Å²) in [5.41, 5.74) is -0.0942. The van der Waals surface area contributed by atoms with E-state index in [-0.39, 0.29) is 29.7 Å². The lowest BCUT2D eigenvalue weighted by atomic mass is 9.93. The fraction of sp³-hybridized carbons (Fsp3) is 0.600. The number of nitrogens with zero attached hydrogens (tertiary/aromatic N) is 2. The second-order valence-electron chi connectivity index (χ2n) is 7.82. The molecule has 1 amide bonds. The third-order valence-electron chi connectivity index (χ3n) is 4.54. The van der Waals surface area contributed by atoms with Gasteiger partial charge in [-0.3, -0.25) is 15.1 Å². The number of carbonyl (C=O) groups excluding carboxylic acids is 1. The Morgan fingerprint density at radius 3 is 2.13 bits per heavy atom. The van der Waals surface area contributed by atoms with Gasteiger partial charge in [-0.1, -0.05) is 26.0 Å². The molecule has 0 bridgehead atoms. The third kappa shape index (κ3) is 9.59. The largest absolute Gasteiger partial charge is 0.444 e. The molecule has 0 saturated heterocycles. The molecule has 3 N–H and O–H groups in total. The predicted octanol–water partition coefficient (Wildman–Crippen LogP) is 3.96. The second kappa shape index (κ2) is 12.6. The van der Waals surface area contributed by atoms with Crippen molar-refractivity contribution >= 4 is 41.7 Å². The fourth-order valence-corrected chi connectivity index (χ4v) is 2.64. The van der Waals surface area contributed by atoms with Gasteiger partial charge in [-0.2, -0.15) is 0 Å². The van der Waals surface area contributed by atoms with Gasteiger partial charge in [0, 0.05) is 32.3 Å². The average molecular weight is 535 g/mol. The quantitative estimate of drug-likeness (QED) is 0.153. The number of benzene rings is 1. The Hall–Kier alpha value is -2.11. The Bertz CT molecular complexity index is 713. The summed E-state index contributed by atoms with van der Waals surface area (Å²) in [7, 11) is 1.66. The Kier molecular flexibility index (Phi) is 11.7. The minimum Gasteiger partial charge on any atom is -0.444 e. The summed E-state index contributed by atoms with van der Waals surface area (Å²) >= 11 is 0. The monoisotopic (exact) mass is 535 g/mol. The van der Waals surface area contributed by atoms with Gasteiger partial charge in [-0.15, -0.1) is 24.0 Å². The molecule has 1 aromatic carbocycles. The average Bonchev–Trinajstić information content (AvgIpc) is 2.66. The highest BCUT2D eigenvalue weighted by atomic mass is 127. The molecule has 9 nitrogen and oxygen atoms in total. The van der Waals surface area contributed by atoms with Gasteiger partial charge in [-0.25, -0.2) is 4.79 Å². The van der Waals surface area contributed by atoms with Crippen molar-refractivity contribution in [2.45, 2.75) is 65.1 Å². The molecule has 0 aliphatic heterocycles. The lowest BCUT2D eigenvalue weighted by Gasteiger charge is -2.34. The smallest absolute Gasteiger partial charge is 0.408 e. The van der Waals surface area contributed by atoms with Crippen molar-refractivity contribution in [1.82, 2.24) is 16.0 Å². The number of nitro benzene ring substituents is 1. The number of hydrogen-bond donors (Lipinski definition) is 3. The number of rotatable bonds is 8. The van der Waals surface area contributed by atoms with Crippen LogP contribution in [0.25, 0.3) is 0 Å². The zero-order valence-corrected chi connectivity index (χ0v) is 20.9. The normalized spacial score (nSPS) is 11.9. The van der Waals surface area contributed by atoms with Gasteiger partial charge in [0.1, 0.15) is 5.60 Å². The molecule has 0 aromatic heterocycles. The maximum absolute atomic E-state index is 12.2. The van der Waals surface area contributed by atoms with Crippen LogP contribution < -0.4 is 16.0 Å². The fourth-order valence-electron chi connectivity index (χ4n) is 2.64. The molecule has 30 heavy (non-hydrogen) atoms. The third-order valence-corrected chi connectivity index (χ3v) is 4.54. The van der Waals surface area contributed by atoms with Gasteiger partial charge in [0.25, 0.3) is 5.69 Å². The van der Waals surface area contributed by atoms with Crippen LogP contribution in [0.4, 0.5) is 10.5 Å². The first-order valence-electron chi connectivity index (χ1n) is 9.73. The lowest BCUT2D eigenvalue weighted by Crippen LogP contribution is -2.57. The van der Waals surface area contributed by atoms with Crippen LogP contribution in [0.15, 0.2) is 29.3 Å². The van der Waals surface area contributed by atoms with E-state index >= 15 is 0 Å². The molecular weight excluding hydrogens is 501 g/mol. The Morgan fingerprint density at radius 2 is 1.70 bits per heavy atom. The molecule has 0 heterocycles. The van der Waals surface area contributed by atoms with Crippen LogP contribution in [0, 0.1) is 10.1 Å². The molecule has 10 heteroatoms. The molecular formula is C20H34IN5O4. The van der Waals surface area contributed by atoms with Crippen molar-refractivity contribution in [3.8, 4) is 0 Å². The van der Waals surface area contributed by atoms with Gasteiger partial charge >= 0.3 is 6.09 Å². The first-order valence-corrected chi connectivity index (χ1v) is 9.73. The summed E-state index contributed by atoms with van der Waals surface area (Å²) in [6.07, 6.45) is 0.987. The van der Waals surface area contributed by atoms with Crippen LogP contribution in [0.2, 0.25) is 0 Å².